The molecular weight excluding hydrogens is 152 g/mol. The lowest BCUT2D eigenvalue weighted by atomic mass is 10.1. The van der Waals surface area contributed by atoms with Crippen molar-refractivity contribution in [2.24, 2.45) is 5.73 Å². The molecule has 0 unspecified atom stereocenters. The monoisotopic (exact) mass is 162 g/mol. The smallest absolute Gasteiger partial charge is 0.223 e. The van der Waals surface area contributed by atoms with E-state index in [1.54, 1.807) is 12.1 Å². The second kappa shape index (κ2) is 3.67. The standard InChI is InChI=1S/C9H10N2O/c10-8(6-9(11)12)7-4-2-1-3-5-7/h1-5,10H,6H2,(H2,11,12). The van der Waals surface area contributed by atoms with E-state index >= 15 is 0 Å². The van der Waals surface area contributed by atoms with Gasteiger partial charge >= 0.3 is 0 Å². The quantitative estimate of drug-likeness (QED) is 0.638. The molecule has 0 heterocycles. The predicted octanol–water partition coefficient (Wildman–Crippen LogP) is 0.930. The van der Waals surface area contributed by atoms with Gasteiger partial charge in [-0.1, -0.05) is 30.3 Å². The maximum Gasteiger partial charge on any atom is 0.223 e. The van der Waals surface area contributed by atoms with Crippen molar-refractivity contribution in [2.75, 3.05) is 0 Å². The van der Waals surface area contributed by atoms with E-state index in [1.165, 1.54) is 0 Å². The Labute approximate surface area is 70.7 Å². The highest BCUT2D eigenvalue weighted by Gasteiger charge is 2.02. The van der Waals surface area contributed by atoms with Gasteiger partial charge in [0.1, 0.15) is 0 Å². The number of hydrogen-bond acceptors (Lipinski definition) is 2. The van der Waals surface area contributed by atoms with Crippen LogP contribution in [0.25, 0.3) is 0 Å². The maximum atomic E-state index is 10.5. The number of hydrogen-bond donors (Lipinski definition) is 2. The van der Waals surface area contributed by atoms with Crippen LogP contribution in [0.5, 0.6) is 0 Å². The van der Waals surface area contributed by atoms with Gasteiger partial charge in [0.05, 0.1) is 6.42 Å². The Morgan fingerprint density at radius 2 is 1.92 bits per heavy atom. The number of carbonyl (C=O) groups excluding carboxylic acids is 1. The predicted molar refractivity (Wildman–Crippen MR) is 47.1 cm³/mol. The molecule has 0 aliphatic heterocycles. The first kappa shape index (κ1) is 8.46. The Morgan fingerprint density at radius 1 is 1.33 bits per heavy atom. The fraction of sp³-hybridized carbons (Fsp3) is 0.111. The highest BCUT2D eigenvalue weighted by molar-refractivity contribution is 6.08. The molecule has 0 atom stereocenters. The summed E-state index contributed by atoms with van der Waals surface area (Å²) in [5, 5.41) is 7.46. The topological polar surface area (TPSA) is 66.9 Å². The summed E-state index contributed by atoms with van der Waals surface area (Å²) in [5.74, 6) is -0.469. The number of nitrogens with two attached hydrogens (primary N) is 1. The Morgan fingerprint density at radius 3 is 2.42 bits per heavy atom. The van der Waals surface area contributed by atoms with Gasteiger partial charge in [0.15, 0.2) is 0 Å². The largest absolute Gasteiger partial charge is 0.369 e. The van der Waals surface area contributed by atoms with E-state index in [2.05, 4.69) is 0 Å². The van der Waals surface area contributed by atoms with Crippen LogP contribution in [-0.2, 0) is 4.79 Å². The molecule has 0 aliphatic carbocycles. The molecule has 0 bridgehead atoms. The second-order valence-electron chi connectivity index (χ2n) is 2.49. The lowest BCUT2D eigenvalue weighted by Gasteiger charge is -1.99. The van der Waals surface area contributed by atoms with Gasteiger partial charge in [0.25, 0.3) is 0 Å². The van der Waals surface area contributed by atoms with Crippen molar-refractivity contribution in [3.8, 4) is 0 Å². The van der Waals surface area contributed by atoms with Gasteiger partial charge in [-0.3, -0.25) is 4.79 Å². The van der Waals surface area contributed by atoms with Gasteiger partial charge < -0.3 is 11.1 Å². The Kier molecular flexibility index (Phi) is 2.58. The van der Waals surface area contributed by atoms with Crippen LogP contribution in [0.2, 0.25) is 0 Å². The summed E-state index contributed by atoms with van der Waals surface area (Å²) in [6, 6.07) is 9.08. The van der Waals surface area contributed by atoms with Crippen molar-refractivity contribution in [1.82, 2.24) is 0 Å². The molecule has 12 heavy (non-hydrogen) atoms. The van der Waals surface area contributed by atoms with E-state index in [1.807, 2.05) is 18.2 Å². The zero-order valence-electron chi connectivity index (χ0n) is 6.58. The fourth-order valence-electron chi connectivity index (χ4n) is 0.916. The van der Waals surface area contributed by atoms with Crippen LogP contribution in [-0.4, -0.2) is 11.6 Å². The lowest BCUT2D eigenvalue weighted by Crippen LogP contribution is -2.16. The Hall–Kier alpha value is -1.64. The lowest BCUT2D eigenvalue weighted by molar-refractivity contribution is -0.116. The zero-order valence-corrected chi connectivity index (χ0v) is 6.58. The van der Waals surface area contributed by atoms with Crippen LogP contribution in [0.15, 0.2) is 30.3 Å². The van der Waals surface area contributed by atoms with Gasteiger partial charge in [0, 0.05) is 5.71 Å². The van der Waals surface area contributed by atoms with Gasteiger partial charge in [-0.05, 0) is 5.56 Å². The number of nitrogens with one attached hydrogen (secondary N) is 1. The summed E-state index contributed by atoms with van der Waals surface area (Å²) >= 11 is 0. The molecular formula is C9H10N2O. The number of amides is 1. The van der Waals surface area contributed by atoms with E-state index in [9.17, 15) is 4.79 Å². The Bertz CT molecular complexity index is 293. The Balaban J connectivity index is 2.73. The van der Waals surface area contributed by atoms with E-state index < -0.39 is 5.91 Å². The molecule has 1 amide bonds. The van der Waals surface area contributed by atoms with Crippen molar-refractivity contribution < 1.29 is 4.79 Å². The van der Waals surface area contributed by atoms with Crippen LogP contribution >= 0.6 is 0 Å². The van der Waals surface area contributed by atoms with Crippen LogP contribution < -0.4 is 5.73 Å². The van der Waals surface area contributed by atoms with Crippen LogP contribution in [0.3, 0.4) is 0 Å². The molecule has 1 rings (SSSR count). The molecule has 3 heteroatoms. The molecule has 1 aromatic rings. The molecule has 0 radical (unpaired) electrons. The van der Waals surface area contributed by atoms with Crippen molar-refractivity contribution in [2.45, 2.75) is 6.42 Å². The van der Waals surface area contributed by atoms with Gasteiger partial charge in [-0.2, -0.15) is 0 Å². The molecule has 1 aromatic carbocycles. The van der Waals surface area contributed by atoms with Crippen molar-refractivity contribution >= 4 is 11.6 Å². The first-order chi connectivity index (χ1) is 5.70. The third kappa shape index (κ3) is 2.20. The molecule has 0 saturated heterocycles. The summed E-state index contributed by atoms with van der Waals surface area (Å²) in [6.07, 6.45) is 0.00398. The summed E-state index contributed by atoms with van der Waals surface area (Å²) < 4.78 is 0. The van der Waals surface area contributed by atoms with Crippen molar-refractivity contribution in [3.63, 3.8) is 0 Å². The van der Waals surface area contributed by atoms with E-state index in [4.69, 9.17) is 11.1 Å². The van der Waals surface area contributed by atoms with E-state index in [0.717, 1.165) is 5.56 Å². The van der Waals surface area contributed by atoms with Crippen LogP contribution in [0, 0.1) is 5.41 Å². The van der Waals surface area contributed by atoms with Crippen molar-refractivity contribution in [1.29, 1.82) is 5.41 Å². The third-order valence-corrected chi connectivity index (χ3v) is 1.47. The van der Waals surface area contributed by atoms with Crippen molar-refractivity contribution in [3.05, 3.63) is 35.9 Å². The van der Waals surface area contributed by atoms with Gasteiger partial charge in [-0.15, -0.1) is 0 Å². The highest BCUT2D eigenvalue weighted by Crippen LogP contribution is 2.01. The van der Waals surface area contributed by atoms with E-state index in [-0.39, 0.29) is 12.1 Å². The minimum absolute atomic E-state index is 0.00398. The summed E-state index contributed by atoms with van der Waals surface area (Å²) in [5.41, 5.74) is 5.96. The third-order valence-electron chi connectivity index (χ3n) is 1.47. The van der Waals surface area contributed by atoms with Crippen LogP contribution in [0.4, 0.5) is 0 Å². The number of benzene rings is 1. The van der Waals surface area contributed by atoms with Crippen LogP contribution in [0.1, 0.15) is 12.0 Å². The summed E-state index contributed by atoms with van der Waals surface area (Å²) in [6.45, 7) is 0. The number of carbonyl (C=O) groups is 1. The fourth-order valence-corrected chi connectivity index (χ4v) is 0.916. The minimum Gasteiger partial charge on any atom is -0.369 e. The maximum absolute atomic E-state index is 10.5. The average Bonchev–Trinajstić information content (AvgIpc) is 2.05. The molecule has 62 valence electrons. The number of rotatable bonds is 3. The number of primary amides is 1. The first-order valence-electron chi connectivity index (χ1n) is 3.61. The highest BCUT2D eigenvalue weighted by atomic mass is 16.1. The molecule has 0 aliphatic rings. The molecule has 0 spiro atoms. The zero-order chi connectivity index (χ0) is 8.97. The summed E-state index contributed by atoms with van der Waals surface area (Å²) in [7, 11) is 0. The molecule has 0 fully saturated rings. The molecule has 3 nitrogen and oxygen atoms in total. The molecule has 0 saturated carbocycles. The first-order valence-corrected chi connectivity index (χ1v) is 3.61. The minimum atomic E-state index is -0.469. The molecule has 0 aromatic heterocycles. The molecule has 3 N–H and O–H groups in total. The second-order valence-corrected chi connectivity index (χ2v) is 2.49. The van der Waals surface area contributed by atoms with Gasteiger partial charge in [0.2, 0.25) is 5.91 Å². The van der Waals surface area contributed by atoms with Gasteiger partial charge in [-0.25, -0.2) is 0 Å². The normalized spacial score (nSPS) is 9.33. The summed E-state index contributed by atoms with van der Waals surface area (Å²) in [4.78, 5) is 10.5. The van der Waals surface area contributed by atoms with E-state index in [0.29, 0.717) is 0 Å². The average molecular weight is 162 g/mol. The SMILES string of the molecule is N=C(CC(N)=O)c1ccccc1.